The zero-order valence-electron chi connectivity index (χ0n) is 24.9. The molecular formula is C34H43N5O3. The minimum atomic E-state index is 0.0241. The van der Waals surface area contributed by atoms with Crippen molar-refractivity contribution in [3.8, 4) is 11.3 Å². The molecule has 1 aromatic carbocycles. The molecule has 6 fully saturated rings. The normalized spacial score (nSPS) is 28.3. The minimum Gasteiger partial charge on any atom is -0.440 e. The van der Waals surface area contributed by atoms with Crippen LogP contribution in [0, 0.1) is 11.3 Å². The lowest BCUT2D eigenvalue weighted by Crippen LogP contribution is -2.51. The molecule has 0 N–H and O–H groups in total. The number of benzene rings is 1. The van der Waals surface area contributed by atoms with Crippen molar-refractivity contribution in [2.45, 2.75) is 101 Å². The van der Waals surface area contributed by atoms with E-state index in [4.69, 9.17) is 13.9 Å². The predicted molar refractivity (Wildman–Crippen MR) is 159 cm³/mol. The third-order valence-corrected chi connectivity index (χ3v) is 11.2. The summed E-state index contributed by atoms with van der Waals surface area (Å²) in [6, 6.07) is 8.40. The van der Waals surface area contributed by atoms with Gasteiger partial charge < -0.3 is 18.7 Å². The molecular weight excluding hydrogens is 526 g/mol. The van der Waals surface area contributed by atoms with Gasteiger partial charge in [0.25, 0.3) is 0 Å². The Morgan fingerprint density at radius 3 is 2.45 bits per heavy atom. The van der Waals surface area contributed by atoms with Gasteiger partial charge in [-0.05, 0) is 121 Å². The van der Waals surface area contributed by atoms with Gasteiger partial charge in [0, 0.05) is 41.5 Å². The van der Waals surface area contributed by atoms with Crippen molar-refractivity contribution in [3.63, 3.8) is 0 Å². The number of nitrogens with zero attached hydrogens (tertiary/aromatic N) is 5. The number of likely N-dealkylation sites (tertiary alicyclic amines) is 1. The Kier molecular flexibility index (Phi) is 6.54. The van der Waals surface area contributed by atoms with Crippen LogP contribution in [0.25, 0.3) is 11.3 Å². The first-order valence-corrected chi connectivity index (χ1v) is 16.4. The molecule has 0 radical (unpaired) electrons. The number of hydrogen-bond donors (Lipinski definition) is 0. The van der Waals surface area contributed by atoms with E-state index in [0.717, 1.165) is 118 Å². The molecule has 2 aromatic heterocycles. The first kappa shape index (κ1) is 26.6. The summed E-state index contributed by atoms with van der Waals surface area (Å²) in [4.78, 5) is 28.1. The molecule has 5 aliphatic carbocycles. The summed E-state index contributed by atoms with van der Waals surface area (Å²) in [5, 5.41) is 4.35. The van der Waals surface area contributed by atoms with E-state index in [-0.39, 0.29) is 16.7 Å². The number of hydrogen-bond acceptors (Lipinski definition) is 7. The number of carbonyl (C=O) groups excluding carboxylic acids is 1. The van der Waals surface area contributed by atoms with E-state index in [0.29, 0.717) is 24.2 Å². The van der Waals surface area contributed by atoms with Gasteiger partial charge in [0.2, 0.25) is 11.8 Å². The Hall–Kier alpha value is -3.00. The van der Waals surface area contributed by atoms with Gasteiger partial charge in [-0.2, -0.15) is 4.98 Å². The largest absolute Gasteiger partial charge is 0.440 e. The number of anilines is 1. The van der Waals surface area contributed by atoms with Crippen LogP contribution in [-0.4, -0.2) is 52.6 Å². The number of fused-ring (bicyclic) bond motifs is 3. The van der Waals surface area contributed by atoms with Crippen LogP contribution in [0.4, 0.5) is 5.69 Å². The average Bonchev–Trinajstić information content (AvgIpc) is 3.96. The highest BCUT2D eigenvalue weighted by molar-refractivity contribution is 5.94. The summed E-state index contributed by atoms with van der Waals surface area (Å²) in [6.45, 7) is 2.93. The number of rotatable bonds is 9. The van der Waals surface area contributed by atoms with Gasteiger partial charge in [-0.1, -0.05) is 17.3 Å². The van der Waals surface area contributed by atoms with Crippen LogP contribution in [0.1, 0.15) is 113 Å². The molecule has 1 amide bonds. The van der Waals surface area contributed by atoms with Gasteiger partial charge in [0.15, 0.2) is 17.5 Å². The van der Waals surface area contributed by atoms with Crippen LogP contribution in [0.5, 0.6) is 0 Å². The van der Waals surface area contributed by atoms with Crippen LogP contribution >= 0.6 is 0 Å². The van der Waals surface area contributed by atoms with Crippen molar-refractivity contribution in [2.24, 2.45) is 11.3 Å². The first-order chi connectivity index (χ1) is 20.5. The van der Waals surface area contributed by atoms with E-state index in [2.05, 4.69) is 51.3 Å². The Bertz CT molecular complexity index is 1420. The Balaban J connectivity index is 1.04. The molecule has 0 atom stereocenters. The van der Waals surface area contributed by atoms with Gasteiger partial charge in [-0.15, -0.1) is 0 Å². The fraction of sp³-hybridized carbons (Fsp3) is 0.647. The average molecular weight is 570 g/mol. The van der Waals surface area contributed by atoms with Crippen LogP contribution in [0.2, 0.25) is 0 Å². The molecule has 2 bridgehead atoms. The lowest BCUT2D eigenvalue weighted by atomic mass is 9.53. The molecule has 3 aromatic rings. The SMILES string of the molecule is CN1CCC(CC(=O)N(CC23CCC(c4nc(C5CC5)no4)(CC2)CC3)c2cccc(-c3cnc(C4CC4)o3)c2)CC1. The number of aromatic nitrogens is 3. The quantitative estimate of drug-likeness (QED) is 0.279. The molecule has 6 aliphatic rings. The second-order valence-electron chi connectivity index (χ2n) is 14.3. The van der Waals surface area contributed by atoms with E-state index in [9.17, 15) is 4.79 Å². The van der Waals surface area contributed by atoms with Gasteiger partial charge in [0.05, 0.1) is 6.20 Å². The van der Waals surface area contributed by atoms with Crippen molar-refractivity contribution in [3.05, 3.63) is 48.1 Å². The fourth-order valence-corrected chi connectivity index (χ4v) is 7.83. The summed E-state index contributed by atoms with van der Waals surface area (Å²) < 4.78 is 12.0. The number of piperidine rings is 1. The van der Waals surface area contributed by atoms with Gasteiger partial charge in [-0.25, -0.2) is 4.98 Å². The summed E-state index contributed by atoms with van der Waals surface area (Å²) >= 11 is 0. The third kappa shape index (κ3) is 5.10. The molecule has 3 heterocycles. The van der Waals surface area contributed by atoms with Crippen LogP contribution in [0.15, 0.2) is 39.4 Å². The standard InChI is InChI=1S/C34H43N5O3/c1-38-17-9-23(10-18-38)19-29(40)39(27-4-2-3-26(20-27)28-21-35-31(41-28)25-7-8-25)22-33-11-14-34(15-12-33,16-13-33)32-36-30(37-42-32)24-5-6-24/h2-4,20-21,23-25H,5-19,22H2,1H3. The topological polar surface area (TPSA) is 88.5 Å². The maximum atomic E-state index is 14.2. The predicted octanol–water partition coefficient (Wildman–Crippen LogP) is 6.84. The van der Waals surface area contributed by atoms with Gasteiger partial charge in [-0.3, -0.25) is 4.79 Å². The third-order valence-electron chi connectivity index (χ3n) is 11.2. The Morgan fingerprint density at radius 2 is 1.74 bits per heavy atom. The van der Waals surface area contributed by atoms with Crippen molar-refractivity contribution in [1.82, 2.24) is 20.0 Å². The number of amides is 1. The summed E-state index contributed by atoms with van der Waals surface area (Å²) in [5.74, 6) is 5.15. The van der Waals surface area contributed by atoms with E-state index >= 15 is 0 Å². The Labute approximate surface area is 248 Å². The fourth-order valence-electron chi connectivity index (χ4n) is 7.83. The van der Waals surface area contributed by atoms with Crippen molar-refractivity contribution < 1.29 is 13.7 Å². The summed E-state index contributed by atoms with van der Waals surface area (Å²) in [7, 11) is 2.18. The van der Waals surface area contributed by atoms with Gasteiger partial charge >= 0.3 is 0 Å². The summed E-state index contributed by atoms with van der Waals surface area (Å²) in [5.41, 5.74) is 2.13. The van der Waals surface area contributed by atoms with Crippen molar-refractivity contribution in [1.29, 1.82) is 0 Å². The molecule has 222 valence electrons. The second kappa shape index (κ2) is 10.3. The van der Waals surface area contributed by atoms with Crippen molar-refractivity contribution in [2.75, 3.05) is 31.6 Å². The zero-order chi connectivity index (χ0) is 28.3. The monoisotopic (exact) mass is 569 g/mol. The van der Waals surface area contributed by atoms with E-state index in [1.54, 1.807) is 0 Å². The highest BCUT2D eigenvalue weighted by Gasteiger charge is 2.53. The maximum absolute atomic E-state index is 14.2. The molecule has 1 aliphatic heterocycles. The smallest absolute Gasteiger partial charge is 0.232 e. The lowest BCUT2D eigenvalue weighted by molar-refractivity contribution is -0.120. The number of carbonyl (C=O) groups is 1. The molecule has 0 spiro atoms. The second-order valence-corrected chi connectivity index (χ2v) is 14.3. The lowest BCUT2D eigenvalue weighted by Gasteiger charge is -2.53. The maximum Gasteiger partial charge on any atom is 0.232 e. The molecule has 8 heteroatoms. The van der Waals surface area contributed by atoms with Crippen LogP contribution in [-0.2, 0) is 10.2 Å². The molecule has 1 saturated heterocycles. The van der Waals surface area contributed by atoms with E-state index in [1.165, 1.54) is 12.8 Å². The number of oxazole rings is 1. The summed E-state index contributed by atoms with van der Waals surface area (Å²) in [6.07, 6.45) is 15.9. The molecule has 5 saturated carbocycles. The zero-order valence-corrected chi connectivity index (χ0v) is 24.9. The molecule has 8 nitrogen and oxygen atoms in total. The van der Waals surface area contributed by atoms with Crippen molar-refractivity contribution >= 4 is 11.6 Å². The highest BCUT2D eigenvalue weighted by atomic mass is 16.5. The molecule has 9 rings (SSSR count). The minimum absolute atomic E-state index is 0.0241. The molecule has 0 unspecified atom stereocenters. The first-order valence-electron chi connectivity index (χ1n) is 16.4. The Morgan fingerprint density at radius 1 is 1.00 bits per heavy atom. The van der Waals surface area contributed by atoms with Crippen LogP contribution < -0.4 is 4.90 Å². The van der Waals surface area contributed by atoms with Crippen LogP contribution in [0.3, 0.4) is 0 Å². The molecule has 42 heavy (non-hydrogen) atoms. The van der Waals surface area contributed by atoms with E-state index < -0.39 is 0 Å². The van der Waals surface area contributed by atoms with Gasteiger partial charge in [0.1, 0.15) is 0 Å². The highest BCUT2D eigenvalue weighted by Crippen LogP contribution is 2.58. The van der Waals surface area contributed by atoms with E-state index in [1.807, 2.05) is 6.20 Å².